The number of sulfonamides is 1. The Morgan fingerprint density at radius 3 is 2.46 bits per heavy atom. The Labute approximate surface area is 144 Å². The molecule has 1 aromatic heterocycles. The Kier molecular flexibility index (Phi) is 4.24. The Balaban J connectivity index is 1.51. The highest BCUT2D eigenvalue weighted by atomic mass is 32.2. The Bertz CT molecular complexity index is 726. The van der Waals surface area contributed by atoms with Crippen LogP contribution in [0.1, 0.15) is 49.2 Å². The van der Waals surface area contributed by atoms with Gasteiger partial charge in [-0.25, -0.2) is 18.4 Å². The Morgan fingerprint density at radius 2 is 1.75 bits per heavy atom. The fourth-order valence-electron chi connectivity index (χ4n) is 4.39. The molecular formula is C17H26N4O2S. The van der Waals surface area contributed by atoms with Crippen LogP contribution < -0.4 is 4.90 Å². The first kappa shape index (κ1) is 16.3. The smallest absolute Gasteiger partial charge is 0.214 e. The molecule has 1 aliphatic carbocycles. The molecule has 1 aromatic rings. The van der Waals surface area contributed by atoms with E-state index in [2.05, 4.69) is 9.88 Å². The van der Waals surface area contributed by atoms with E-state index in [1.54, 1.807) is 4.31 Å². The third kappa shape index (κ3) is 2.92. The molecule has 4 rings (SSSR count). The molecule has 6 nitrogen and oxygen atoms in total. The molecule has 0 bridgehead atoms. The molecule has 3 aliphatic rings. The minimum absolute atomic E-state index is 0.174. The fraction of sp³-hybridized carbons (Fsp3) is 0.765. The summed E-state index contributed by atoms with van der Waals surface area (Å²) in [4.78, 5) is 11.7. The Hall–Kier alpha value is -1.21. The normalized spacial score (nSPS) is 25.0. The van der Waals surface area contributed by atoms with Crippen molar-refractivity contribution in [1.29, 1.82) is 0 Å². The van der Waals surface area contributed by atoms with E-state index in [0.29, 0.717) is 12.3 Å². The summed E-state index contributed by atoms with van der Waals surface area (Å²) in [6.45, 7) is 4.45. The molecule has 7 heteroatoms. The van der Waals surface area contributed by atoms with Crippen LogP contribution in [0.3, 0.4) is 0 Å². The highest BCUT2D eigenvalue weighted by Crippen LogP contribution is 2.31. The van der Waals surface area contributed by atoms with Crippen LogP contribution in [0.25, 0.3) is 0 Å². The molecule has 2 saturated heterocycles. The topological polar surface area (TPSA) is 66.4 Å². The number of aryl methyl sites for hydroxylation is 2. The summed E-state index contributed by atoms with van der Waals surface area (Å²) in [5.74, 6) is 2.29. The van der Waals surface area contributed by atoms with Crippen LogP contribution in [-0.4, -0.2) is 54.1 Å². The number of fused-ring (bicyclic) bond motifs is 1. The minimum Gasteiger partial charge on any atom is -0.356 e. The lowest BCUT2D eigenvalue weighted by Gasteiger charge is -2.37. The first-order chi connectivity index (χ1) is 11.5. The minimum atomic E-state index is -3.00. The number of hydrogen-bond donors (Lipinski definition) is 0. The van der Waals surface area contributed by atoms with Gasteiger partial charge in [-0.3, -0.25) is 0 Å². The first-order valence-electron chi connectivity index (χ1n) is 9.15. The van der Waals surface area contributed by atoms with Crippen molar-refractivity contribution in [3.8, 4) is 0 Å². The lowest BCUT2D eigenvalue weighted by atomic mass is 9.95. The van der Waals surface area contributed by atoms with E-state index in [0.717, 1.165) is 56.8 Å². The number of nitrogens with zero attached hydrogens (tertiary/aromatic N) is 4. The summed E-state index contributed by atoms with van der Waals surface area (Å²) in [6, 6.07) is 0.174. The van der Waals surface area contributed by atoms with Crippen molar-refractivity contribution < 1.29 is 8.42 Å². The van der Waals surface area contributed by atoms with E-state index < -0.39 is 10.0 Å². The SMILES string of the molecule is Cc1nc2c(c(N3CCC(N4CCCS4(=O)=O)CC3)n1)CCCC2. The van der Waals surface area contributed by atoms with Crippen molar-refractivity contribution in [2.24, 2.45) is 0 Å². The molecule has 0 spiro atoms. The predicted octanol–water partition coefficient (Wildman–Crippen LogP) is 1.67. The molecule has 3 heterocycles. The summed E-state index contributed by atoms with van der Waals surface area (Å²) in [5.41, 5.74) is 2.56. The van der Waals surface area contributed by atoms with E-state index in [1.165, 1.54) is 24.1 Å². The van der Waals surface area contributed by atoms with Crippen molar-refractivity contribution in [1.82, 2.24) is 14.3 Å². The van der Waals surface area contributed by atoms with Crippen LogP contribution in [-0.2, 0) is 22.9 Å². The van der Waals surface area contributed by atoms with Gasteiger partial charge in [-0.2, -0.15) is 4.31 Å². The standard InChI is InChI=1S/C17H26N4O2S/c1-13-18-16-6-3-2-5-15(16)17(19-13)20-10-7-14(8-11-20)21-9-4-12-24(21,22)23/h14H,2-12H2,1H3. The van der Waals surface area contributed by atoms with Crippen molar-refractivity contribution in [3.63, 3.8) is 0 Å². The van der Waals surface area contributed by atoms with Gasteiger partial charge in [0, 0.05) is 36.9 Å². The molecule has 0 N–H and O–H groups in total. The third-order valence-electron chi connectivity index (χ3n) is 5.58. The summed E-state index contributed by atoms with van der Waals surface area (Å²) < 4.78 is 26.0. The van der Waals surface area contributed by atoms with Crippen molar-refractivity contribution in [2.75, 3.05) is 30.3 Å². The molecule has 0 aromatic carbocycles. The monoisotopic (exact) mass is 350 g/mol. The van der Waals surface area contributed by atoms with Gasteiger partial charge in [-0.05, 0) is 51.9 Å². The van der Waals surface area contributed by atoms with Gasteiger partial charge < -0.3 is 4.90 Å². The number of hydrogen-bond acceptors (Lipinski definition) is 5. The molecular weight excluding hydrogens is 324 g/mol. The average molecular weight is 350 g/mol. The highest BCUT2D eigenvalue weighted by Gasteiger charge is 2.36. The second kappa shape index (κ2) is 6.26. The zero-order valence-corrected chi connectivity index (χ0v) is 15.2. The molecule has 2 aliphatic heterocycles. The van der Waals surface area contributed by atoms with Crippen molar-refractivity contribution in [2.45, 2.75) is 57.9 Å². The highest BCUT2D eigenvalue weighted by molar-refractivity contribution is 7.89. The number of rotatable bonds is 2. The molecule has 132 valence electrons. The fourth-order valence-corrected chi connectivity index (χ4v) is 6.19. The van der Waals surface area contributed by atoms with E-state index in [4.69, 9.17) is 4.98 Å². The largest absolute Gasteiger partial charge is 0.356 e. The number of aromatic nitrogens is 2. The van der Waals surface area contributed by atoms with Crippen molar-refractivity contribution >= 4 is 15.8 Å². The van der Waals surface area contributed by atoms with Gasteiger partial charge in [0.15, 0.2) is 0 Å². The predicted molar refractivity (Wildman–Crippen MR) is 93.8 cm³/mol. The van der Waals surface area contributed by atoms with Gasteiger partial charge in [-0.1, -0.05) is 0 Å². The van der Waals surface area contributed by atoms with E-state index in [-0.39, 0.29) is 6.04 Å². The van der Waals surface area contributed by atoms with E-state index in [1.807, 2.05) is 6.92 Å². The molecule has 2 fully saturated rings. The molecule has 0 radical (unpaired) electrons. The third-order valence-corrected chi connectivity index (χ3v) is 7.58. The van der Waals surface area contributed by atoms with E-state index in [9.17, 15) is 8.42 Å². The maximum absolute atomic E-state index is 12.1. The van der Waals surface area contributed by atoms with Crippen LogP contribution >= 0.6 is 0 Å². The van der Waals surface area contributed by atoms with Crippen LogP contribution in [0.5, 0.6) is 0 Å². The molecule has 0 saturated carbocycles. The van der Waals surface area contributed by atoms with Crippen LogP contribution in [0.4, 0.5) is 5.82 Å². The quantitative estimate of drug-likeness (QED) is 0.812. The van der Waals surface area contributed by atoms with Crippen LogP contribution in [0.2, 0.25) is 0 Å². The van der Waals surface area contributed by atoms with Crippen LogP contribution in [0, 0.1) is 6.92 Å². The summed E-state index contributed by atoms with van der Waals surface area (Å²) >= 11 is 0. The van der Waals surface area contributed by atoms with Crippen LogP contribution in [0.15, 0.2) is 0 Å². The zero-order chi connectivity index (χ0) is 16.7. The lowest BCUT2D eigenvalue weighted by molar-refractivity contribution is 0.290. The van der Waals surface area contributed by atoms with Gasteiger partial charge in [0.1, 0.15) is 11.6 Å². The first-order valence-corrected chi connectivity index (χ1v) is 10.8. The lowest BCUT2D eigenvalue weighted by Crippen LogP contribution is -2.46. The van der Waals surface area contributed by atoms with Gasteiger partial charge in [0.05, 0.1) is 5.75 Å². The second-order valence-corrected chi connectivity index (χ2v) is 9.27. The maximum atomic E-state index is 12.1. The molecule has 24 heavy (non-hydrogen) atoms. The van der Waals surface area contributed by atoms with Gasteiger partial charge in [0.25, 0.3) is 0 Å². The Morgan fingerprint density at radius 1 is 1.00 bits per heavy atom. The van der Waals surface area contributed by atoms with Gasteiger partial charge in [0.2, 0.25) is 10.0 Å². The van der Waals surface area contributed by atoms with Gasteiger partial charge >= 0.3 is 0 Å². The maximum Gasteiger partial charge on any atom is 0.214 e. The molecule has 0 unspecified atom stereocenters. The number of anilines is 1. The summed E-state index contributed by atoms with van der Waals surface area (Å²) in [5, 5.41) is 0. The molecule has 0 amide bonds. The second-order valence-electron chi connectivity index (χ2n) is 7.23. The van der Waals surface area contributed by atoms with E-state index >= 15 is 0 Å². The summed E-state index contributed by atoms with van der Waals surface area (Å²) in [6.07, 6.45) is 7.15. The average Bonchev–Trinajstić information content (AvgIpc) is 2.93. The van der Waals surface area contributed by atoms with Gasteiger partial charge in [-0.15, -0.1) is 0 Å². The summed E-state index contributed by atoms with van der Waals surface area (Å²) in [7, 11) is -3.00. The number of piperidine rings is 1. The molecule has 0 atom stereocenters. The zero-order valence-electron chi connectivity index (χ0n) is 14.4. The van der Waals surface area contributed by atoms with Crippen molar-refractivity contribution in [3.05, 3.63) is 17.1 Å².